The molecule has 1 aromatic carbocycles. The van der Waals surface area contributed by atoms with E-state index in [0.29, 0.717) is 6.04 Å². The van der Waals surface area contributed by atoms with Crippen molar-refractivity contribution in [2.45, 2.75) is 44.2 Å². The van der Waals surface area contributed by atoms with Gasteiger partial charge in [-0.05, 0) is 24.5 Å². The van der Waals surface area contributed by atoms with Gasteiger partial charge in [-0.2, -0.15) is 0 Å². The Bertz CT molecular complexity index is 350. The van der Waals surface area contributed by atoms with Gasteiger partial charge in [-0.15, -0.1) is 0 Å². The molecule has 0 amide bonds. The number of halogens is 1. The smallest absolute Gasteiger partial charge is 0.0627 e. The van der Waals surface area contributed by atoms with Crippen molar-refractivity contribution in [1.29, 1.82) is 0 Å². The van der Waals surface area contributed by atoms with Crippen LogP contribution in [0.4, 0.5) is 0 Å². The van der Waals surface area contributed by atoms with Crippen LogP contribution in [0.15, 0.2) is 28.7 Å². The normalized spacial score (nSPS) is 19.2. The molecule has 0 spiro atoms. The Balaban J connectivity index is 2.03. The molecule has 2 nitrogen and oxygen atoms in total. The van der Waals surface area contributed by atoms with Crippen molar-refractivity contribution < 1.29 is 5.11 Å². The van der Waals surface area contributed by atoms with Gasteiger partial charge in [0.2, 0.25) is 0 Å². The van der Waals surface area contributed by atoms with E-state index in [1.165, 1.54) is 32.1 Å². The average molecular weight is 298 g/mol. The number of aliphatic hydroxyl groups excluding tert-OH is 1. The highest BCUT2D eigenvalue weighted by molar-refractivity contribution is 9.10. The maximum Gasteiger partial charge on any atom is 0.0627 e. The summed E-state index contributed by atoms with van der Waals surface area (Å²) in [5, 5.41) is 13.1. The van der Waals surface area contributed by atoms with Crippen molar-refractivity contribution in [3.05, 3.63) is 34.3 Å². The van der Waals surface area contributed by atoms with E-state index >= 15 is 0 Å². The predicted molar refractivity (Wildman–Crippen MR) is 74.0 cm³/mol. The molecule has 2 N–H and O–H groups in total. The van der Waals surface area contributed by atoms with Gasteiger partial charge in [-0.3, -0.25) is 0 Å². The summed E-state index contributed by atoms with van der Waals surface area (Å²) in [6.45, 7) is 0.152. The molecule has 0 radical (unpaired) electrons. The van der Waals surface area contributed by atoms with E-state index in [1.807, 2.05) is 18.2 Å². The lowest BCUT2D eigenvalue weighted by molar-refractivity contribution is 0.220. The van der Waals surface area contributed by atoms with Gasteiger partial charge in [-0.1, -0.05) is 53.4 Å². The van der Waals surface area contributed by atoms with Gasteiger partial charge in [0, 0.05) is 10.5 Å². The van der Waals surface area contributed by atoms with E-state index < -0.39 is 0 Å². The van der Waals surface area contributed by atoms with Gasteiger partial charge in [-0.25, -0.2) is 0 Å². The number of benzene rings is 1. The molecule has 1 aromatic rings. The summed E-state index contributed by atoms with van der Waals surface area (Å²) in [5.41, 5.74) is 1.15. The number of nitrogens with one attached hydrogen (secondary N) is 1. The molecule has 0 heterocycles. The Kier molecular flexibility index (Phi) is 5.01. The number of hydrogen-bond donors (Lipinski definition) is 2. The van der Waals surface area contributed by atoms with Gasteiger partial charge in [0.05, 0.1) is 12.6 Å². The van der Waals surface area contributed by atoms with Gasteiger partial charge in [0.1, 0.15) is 0 Å². The third-order valence-corrected chi connectivity index (χ3v) is 4.23. The van der Waals surface area contributed by atoms with Crippen molar-refractivity contribution in [2.75, 3.05) is 6.61 Å². The standard InChI is InChI=1S/C14H20BrNO/c15-13-9-5-4-8-12(13)14(10-17)16-11-6-2-1-3-7-11/h4-5,8-9,11,14,16-17H,1-3,6-7,10H2. The minimum atomic E-state index is 0.0497. The van der Waals surface area contributed by atoms with Gasteiger partial charge >= 0.3 is 0 Å². The minimum Gasteiger partial charge on any atom is -0.394 e. The predicted octanol–water partition coefficient (Wildman–Crippen LogP) is 3.40. The van der Waals surface area contributed by atoms with Gasteiger partial charge in [0.25, 0.3) is 0 Å². The number of rotatable bonds is 4. The van der Waals surface area contributed by atoms with Crippen molar-refractivity contribution in [3.63, 3.8) is 0 Å². The minimum absolute atomic E-state index is 0.0497. The van der Waals surface area contributed by atoms with Crippen molar-refractivity contribution >= 4 is 15.9 Å². The maximum absolute atomic E-state index is 9.55. The molecule has 2 rings (SSSR count). The Morgan fingerprint density at radius 3 is 2.59 bits per heavy atom. The molecule has 1 aliphatic rings. The first kappa shape index (κ1) is 13.1. The topological polar surface area (TPSA) is 32.3 Å². The fourth-order valence-electron chi connectivity index (χ4n) is 2.55. The van der Waals surface area contributed by atoms with E-state index in [9.17, 15) is 5.11 Å². The molecule has 1 fully saturated rings. The Labute approximate surface area is 112 Å². The first-order valence-corrected chi connectivity index (χ1v) is 7.22. The molecule has 0 aromatic heterocycles. The van der Waals surface area contributed by atoms with Crippen LogP contribution in [0.25, 0.3) is 0 Å². The molecule has 17 heavy (non-hydrogen) atoms. The third-order valence-electron chi connectivity index (χ3n) is 3.51. The molecule has 0 bridgehead atoms. The summed E-state index contributed by atoms with van der Waals surface area (Å²) >= 11 is 3.55. The number of aliphatic hydroxyl groups is 1. The fraction of sp³-hybridized carbons (Fsp3) is 0.571. The molecule has 3 heteroatoms. The Morgan fingerprint density at radius 2 is 1.94 bits per heavy atom. The zero-order valence-electron chi connectivity index (χ0n) is 10.0. The lowest BCUT2D eigenvalue weighted by atomic mass is 9.94. The van der Waals surface area contributed by atoms with E-state index in [1.54, 1.807) is 0 Å². The van der Waals surface area contributed by atoms with Gasteiger partial charge < -0.3 is 10.4 Å². The van der Waals surface area contributed by atoms with Crippen molar-refractivity contribution in [1.82, 2.24) is 5.32 Å². The van der Waals surface area contributed by atoms with E-state index in [2.05, 4.69) is 27.3 Å². The highest BCUT2D eigenvalue weighted by Gasteiger charge is 2.19. The van der Waals surface area contributed by atoms with E-state index in [-0.39, 0.29) is 12.6 Å². The Hall–Kier alpha value is -0.380. The fourth-order valence-corrected chi connectivity index (χ4v) is 3.11. The molecular formula is C14H20BrNO. The van der Waals surface area contributed by atoms with Crippen LogP contribution in [0.1, 0.15) is 43.7 Å². The zero-order valence-corrected chi connectivity index (χ0v) is 11.6. The lowest BCUT2D eigenvalue weighted by Gasteiger charge is -2.28. The van der Waals surface area contributed by atoms with Crippen molar-refractivity contribution in [2.24, 2.45) is 0 Å². The summed E-state index contributed by atoms with van der Waals surface area (Å²) < 4.78 is 1.07. The van der Waals surface area contributed by atoms with E-state index in [0.717, 1.165) is 10.0 Å². The lowest BCUT2D eigenvalue weighted by Crippen LogP contribution is -2.36. The molecular weight excluding hydrogens is 278 g/mol. The molecule has 1 unspecified atom stereocenters. The molecule has 0 saturated heterocycles. The molecule has 0 aliphatic heterocycles. The molecule has 1 saturated carbocycles. The Morgan fingerprint density at radius 1 is 1.24 bits per heavy atom. The second kappa shape index (κ2) is 6.53. The monoisotopic (exact) mass is 297 g/mol. The zero-order chi connectivity index (χ0) is 12.1. The van der Waals surface area contributed by atoms with Crippen LogP contribution in [-0.4, -0.2) is 17.8 Å². The van der Waals surface area contributed by atoms with Crippen LogP contribution >= 0.6 is 15.9 Å². The maximum atomic E-state index is 9.55. The summed E-state index contributed by atoms with van der Waals surface area (Å²) in [4.78, 5) is 0. The molecule has 1 atom stereocenters. The quantitative estimate of drug-likeness (QED) is 0.893. The average Bonchev–Trinajstić information content (AvgIpc) is 2.38. The van der Waals surface area contributed by atoms with Crippen molar-refractivity contribution in [3.8, 4) is 0 Å². The highest BCUT2D eigenvalue weighted by atomic mass is 79.9. The van der Waals surface area contributed by atoms with Crippen LogP contribution in [0.3, 0.4) is 0 Å². The third kappa shape index (κ3) is 3.54. The highest BCUT2D eigenvalue weighted by Crippen LogP contribution is 2.26. The summed E-state index contributed by atoms with van der Waals surface area (Å²) in [6, 6.07) is 8.73. The van der Waals surface area contributed by atoms with Crippen LogP contribution in [-0.2, 0) is 0 Å². The first-order valence-electron chi connectivity index (χ1n) is 6.42. The second-order valence-electron chi connectivity index (χ2n) is 4.76. The second-order valence-corrected chi connectivity index (χ2v) is 5.61. The summed E-state index contributed by atoms with van der Waals surface area (Å²) in [6.07, 6.45) is 6.45. The van der Waals surface area contributed by atoms with E-state index in [4.69, 9.17) is 0 Å². The first-order chi connectivity index (χ1) is 8.31. The SMILES string of the molecule is OCC(NC1CCCCC1)c1ccccc1Br. The van der Waals surface area contributed by atoms with Crippen LogP contribution < -0.4 is 5.32 Å². The summed E-state index contributed by atoms with van der Waals surface area (Å²) in [7, 11) is 0. The molecule has 1 aliphatic carbocycles. The van der Waals surface area contributed by atoms with Crippen LogP contribution in [0, 0.1) is 0 Å². The summed E-state index contributed by atoms with van der Waals surface area (Å²) in [5.74, 6) is 0. The van der Waals surface area contributed by atoms with Crippen LogP contribution in [0.2, 0.25) is 0 Å². The van der Waals surface area contributed by atoms with Crippen LogP contribution in [0.5, 0.6) is 0 Å². The van der Waals surface area contributed by atoms with Gasteiger partial charge in [0.15, 0.2) is 0 Å². The number of hydrogen-bond acceptors (Lipinski definition) is 2. The largest absolute Gasteiger partial charge is 0.394 e. The molecule has 94 valence electrons.